The number of likely N-dealkylation sites (N-methyl/N-ethyl adjacent to an activating group) is 1. The fraction of sp³-hybridized carbons (Fsp3) is 0.581. The third-order valence-electron chi connectivity index (χ3n) is 7.76. The van der Waals surface area contributed by atoms with Crippen LogP contribution in [0.25, 0.3) is 0 Å². The first-order valence-electron chi connectivity index (χ1n) is 14.5. The van der Waals surface area contributed by atoms with Gasteiger partial charge in [0.15, 0.2) is 0 Å². The molecule has 0 radical (unpaired) electrons. The normalized spacial score (nSPS) is 21.7. The van der Waals surface area contributed by atoms with E-state index in [2.05, 4.69) is 0 Å². The summed E-state index contributed by atoms with van der Waals surface area (Å²) in [6.07, 6.45) is 1.80. The molecular weight excluding hydrogens is 558 g/mol. The van der Waals surface area contributed by atoms with Crippen molar-refractivity contribution in [2.24, 2.45) is 5.92 Å². The monoisotopic (exact) mass is 605 g/mol. The number of amides is 1. The van der Waals surface area contributed by atoms with Gasteiger partial charge in [0.2, 0.25) is 10.0 Å². The molecule has 1 heterocycles. The molecule has 234 valence electrons. The van der Waals surface area contributed by atoms with Gasteiger partial charge in [-0.1, -0.05) is 6.92 Å². The summed E-state index contributed by atoms with van der Waals surface area (Å²) in [6, 6.07) is 11.4. The number of aliphatic hydroxyl groups excluding tert-OH is 1. The van der Waals surface area contributed by atoms with Crippen LogP contribution < -0.4 is 14.4 Å². The first kappa shape index (κ1) is 33.6. The van der Waals surface area contributed by atoms with E-state index in [1.165, 1.54) is 30.6 Å². The summed E-state index contributed by atoms with van der Waals surface area (Å²) < 4.78 is 45.9. The maximum atomic E-state index is 14.1. The standard InChI is InChI=1S/C31H47N3O7S/c1-22-19-34(23(2)21-35)31(36)28-18-25(32(4)5)11-16-29(28)41-24(3)10-8-9-17-40-30(22)20-33(6)42(37,38)27-14-12-26(39-7)13-15-27/h11-16,18,22-24,30,35H,8-10,17,19-21H2,1-7H3/t22-,23+,24+,30-/m0/s1. The first-order chi connectivity index (χ1) is 19.9. The zero-order chi connectivity index (χ0) is 31.0. The lowest BCUT2D eigenvalue weighted by Gasteiger charge is -2.35. The second-order valence-electron chi connectivity index (χ2n) is 11.3. The van der Waals surface area contributed by atoms with Crippen molar-refractivity contribution in [3.05, 3.63) is 48.0 Å². The third-order valence-corrected chi connectivity index (χ3v) is 9.59. The minimum atomic E-state index is -3.80. The predicted molar refractivity (Wildman–Crippen MR) is 164 cm³/mol. The van der Waals surface area contributed by atoms with Gasteiger partial charge in [-0.2, -0.15) is 4.31 Å². The van der Waals surface area contributed by atoms with Crippen LogP contribution in [0.5, 0.6) is 11.5 Å². The van der Waals surface area contributed by atoms with Crippen LogP contribution in [-0.4, -0.2) is 101 Å². The van der Waals surface area contributed by atoms with E-state index in [0.717, 1.165) is 24.9 Å². The molecule has 3 rings (SSSR count). The smallest absolute Gasteiger partial charge is 0.258 e. The molecule has 2 aromatic carbocycles. The number of carbonyl (C=O) groups is 1. The predicted octanol–water partition coefficient (Wildman–Crippen LogP) is 3.88. The molecule has 2 aromatic rings. The molecule has 42 heavy (non-hydrogen) atoms. The van der Waals surface area contributed by atoms with Gasteiger partial charge in [0.05, 0.1) is 42.4 Å². The molecule has 0 spiro atoms. The minimum Gasteiger partial charge on any atom is -0.497 e. The van der Waals surface area contributed by atoms with E-state index in [-0.39, 0.29) is 42.5 Å². The zero-order valence-electron chi connectivity index (χ0n) is 25.9. The average Bonchev–Trinajstić information content (AvgIpc) is 2.97. The second kappa shape index (κ2) is 15.0. The summed E-state index contributed by atoms with van der Waals surface area (Å²) in [6.45, 7) is 6.31. The Morgan fingerprint density at radius 2 is 1.79 bits per heavy atom. The van der Waals surface area contributed by atoms with Crippen molar-refractivity contribution in [3.63, 3.8) is 0 Å². The summed E-state index contributed by atoms with van der Waals surface area (Å²) in [5, 5.41) is 10.1. The summed E-state index contributed by atoms with van der Waals surface area (Å²) in [4.78, 5) is 17.8. The molecule has 0 fully saturated rings. The largest absolute Gasteiger partial charge is 0.497 e. The second-order valence-corrected chi connectivity index (χ2v) is 13.4. The highest BCUT2D eigenvalue weighted by Gasteiger charge is 2.32. The van der Waals surface area contributed by atoms with Gasteiger partial charge in [-0.25, -0.2) is 8.42 Å². The molecule has 0 saturated carbocycles. The number of methoxy groups -OCH3 is 1. The van der Waals surface area contributed by atoms with E-state index in [0.29, 0.717) is 23.7 Å². The van der Waals surface area contributed by atoms with Crippen LogP contribution in [-0.2, 0) is 14.8 Å². The lowest BCUT2D eigenvalue weighted by Crippen LogP contribution is -2.48. The molecular formula is C31H47N3O7S. The van der Waals surface area contributed by atoms with Crippen LogP contribution in [0.2, 0.25) is 0 Å². The van der Waals surface area contributed by atoms with Gasteiger partial charge in [0, 0.05) is 52.4 Å². The Morgan fingerprint density at radius 1 is 1.10 bits per heavy atom. The number of hydrogen-bond acceptors (Lipinski definition) is 8. The number of nitrogens with zero attached hydrogens (tertiary/aromatic N) is 3. The highest BCUT2D eigenvalue weighted by atomic mass is 32.2. The van der Waals surface area contributed by atoms with Crippen molar-refractivity contribution >= 4 is 21.6 Å². The van der Waals surface area contributed by atoms with Crippen molar-refractivity contribution in [2.75, 3.05) is 59.5 Å². The van der Waals surface area contributed by atoms with Crippen molar-refractivity contribution in [1.82, 2.24) is 9.21 Å². The Balaban J connectivity index is 1.95. The first-order valence-corrected chi connectivity index (χ1v) is 15.9. The molecule has 11 heteroatoms. The lowest BCUT2D eigenvalue weighted by molar-refractivity contribution is -0.00833. The van der Waals surface area contributed by atoms with Crippen LogP contribution in [0.15, 0.2) is 47.4 Å². The Labute approximate surface area is 251 Å². The SMILES string of the molecule is COc1ccc(S(=O)(=O)N(C)C[C@@H]2OCCCC[C@@H](C)Oc3ccc(N(C)C)cc3C(=O)N([C@H](C)CO)C[C@@H]2C)cc1. The molecule has 0 aromatic heterocycles. The van der Waals surface area contributed by atoms with E-state index in [4.69, 9.17) is 14.2 Å². The molecule has 0 saturated heterocycles. The van der Waals surface area contributed by atoms with Crippen LogP contribution in [0.3, 0.4) is 0 Å². The van der Waals surface area contributed by atoms with Gasteiger partial charge in [0.25, 0.3) is 5.91 Å². The zero-order valence-corrected chi connectivity index (χ0v) is 26.8. The van der Waals surface area contributed by atoms with Gasteiger partial charge in [-0.15, -0.1) is 0 Å². The number of benzene rings is 2. The van der Waals surface area contributed by atoms with E-state index in [9.17, 15) is 18.3 Å². The molecule has 1 N–H and O–H groups in total. The Hall–Kier alpha value is -2.86. The molecule has 0 bridgehead atoms. The molecule has 1 aliphatic rings. The van der Waals surface area contributed by atoms with Crippen LogP contribution in [0.1, 0.15) is 50.4 Å². The third kappa shape index (κ3) is 8.37. The highest BCUT2D eigenvalue weighted by molar-refractivity contribution is 7.89. The van der Waals surface area contributed by atoms with Gasteiger partial charge in [0.1, 0.15) is 11.5 Å². The fourth-order valence-corrected chi connectivity index (χ4v) is 6.11. The van der Waals surface area contributed by atoms with Gasteiger partial charge in [-0.3, -0.25) is 4.79 Å². The number of rotatable bonds is 8. The average molecular weight is 606 g/mol. The fourth-order valence-electron chi connectivity index (χ4n) is 4.93. The molecule has 0 aliphatic carbocycles. The van der Waals surface area contributed by atoms with Crippen molar-refractivity contribution in [1.29, 1.82) is 0 Å². The summed E-state index contributed by atoms with van der Waals surface area (Å²) in [5.41, 5.74) is 1.28. The minimum absolute atomic E-state index is 0.103. The quantitative estimate of drug-likeness (QED) is 0.483. The van der Waals surface area contributed by atoms with Crippen molar-refractivity contribution < 1.29 is 32.5 Å². The highest BCUT2D eigenvalue weighted by Crippen LogP contribution is 2.29. The number of sulfonamides is 1. The molecule has 4 atom stereocenters. The summed E-state index contributed by atoms with van der Waals surface area (Å²) >= 11 is 0. The number of anilines is 1. The van der Waals surface area contributed by atoms with E-state index in [1.807, 2.05) is 51.0 Å². The lowest BCUT2D eigenvalue weighted by atomic mass is 10.0. The van der Waals surface area contributed by atoms with E-state index in [1.54, 1.807) is 24.0 Å². The number of aliphatic hydroxyl groups is 1. The number of ether oxygens (including phenoxy) is 3. The summed E-state index contributed by atoms with van der Waals surface area (Å²) in [7, 11) is 3.09. The van der Waals surface area contributed by atoms with Gasteiger partial charge >= 0.3 is 0 Å². The molecule has 0 unspecified atom stereocenters. The van der Waals surface area contributed by atoms with E-state index < -0.39 is 22.2 Å². The Morgan fingerprint density at radius 3 is 2.40 bits per heavy atom. The Bertz CT molecular complexity index is 1270. The van der Waals surface area contributed by atoms with Crippen molar-refractivity contribution in [3.8, 4) is 11.5 Å². The topological polar surface area (TPSA) is 109 Å². The van der Waals surface area contributed by atoms with Gasteiger partial charge < -0.3 is 29.1 Å². The van der Waals surface area contributed by atoms with Crippen molar-refractivity contribution in [2.45, 2.75) is 63.2 Å². The molecule has 10 nitrogen and oxygen atoms in total. The van der Waals surface area contributed by atoms with E-state index >= 15 is 0 Å². The van der Waals surface area contributed by atoms with Crippen LogP contribution in [0, 0.1) is 5.92 Å². The summed E-state index contributed by atoms with van der Waals surface area (Å²) in [5.74, 6) is 0.571. The Kier molecular flexibility index (Phi) is 12.0. The van der Waals surface area contributed by atoms with Crippen LogP contribution >= 0.6 is 0 Å². The molecule has 1 aliphatic heterocycles. The van der Waals surface area contributed by atoms with Gasteiger partial charge in [-0.05, 0) is 75.6 Å². The number of hydrogen-bond donors (Lipinski definition) is 1. The number of fused-ring (bicyclic) bond motifs is 1. The molecule has 1 amide bonds. The maximum Gasteiger partial charge on any atom is 0.258 e. The van der Waals surface area contributed by atoms with Crippen LogP contribution in [0.4, 0.5) is 5.69 Å². The maximum absolute atomic E-state index is 14.1. The number of carbonyl (C=O) groups excluding carboxylic acids is 1.